The van der Waals surface area contributed by atoms with E-state index < -0.39 is 0 Å². The third-order valence-electron chi connectivity index (χ3n) is 5.89. The van der Waals surface area contributed by atoms with E-state index in [0.717, 1.165) is 18.8 Å². The maximum Gasteiger partial charge on any atom is 0.110 e. The molecule has 2 heterocycles. The van der Waals surface area contributed by atoms with Crippen LogP contribution < -0.4 is 0 Å². The molecule has 4 atom stereocenters. The van der Waals surface area contributed by atoms with Crippen molar-refractivity contribution in [2.75, 3.05) is 0 Å². The molecule has 2 aliphatic carbocycles. The predicted octanol–water partition coefficient (Wildman–Crippen LogP) is 3.26. The molecule has 2 heteroatoms. The Labute approximate surface area is 102 Å². The monoisotopic (exact) mass is 232 g/mol. The lowest BCUT2D eigenvalue weighted by Crippen LogP contribution is -2.51. The maximum atomic E-state index is 6.15. The van der Waals surface area contributed by atoms with Crippen molar-refractivity contribution in [2.24, 2.45) is 11.3 Å². The molecule has 1 aromatic rings. The van der Waals surface area contributed by atoms with Gasteiger partial charge in [-0.15, -0.1) is 0 Å². The van der Waals surface area contributed by atoms with Gasteiger partial charge in [0.15, 0.2) is 0 Å². The molecule has 0 radical (unpaired) electrons. The number of rotatable bonds is 0. The summed E-state index contributed by atoms with van der Waals surface area (Å²) in [6.07, 6.45) is 7.12. The molecule has 0 bridgehead atoms. The van der Waals surface area contributed by atoms with Gasteiger partial charge >= 0.3 is 0 Å². The molecule has 1 aliphatic heterocycles. The largest absolute Gasteiger partial charge is 0.469 e. The van der Waals surface area contributed by atoms with Gasteiger partial charge in [0.25, 0.3) is 0 Å². The fourth-order valence-corrected chi connectivity index (χ4v) is 4.35. The number of aryl methyl sites for hydroxylation is 1. The van der Waals surface area contributed by atoms with Crippen LogP contribution in [0, 0.1) is 18.3 Å². The molecule has 1 saturated carbocycles. The maximum absolute atomic E-state index is 6.15. The van der Waals surface area contributed by atoms with Crippen LogP contribution in [0.1, 0.15) is 43.6 Å². The van der Waals surface area contributed by atoms with Crippen LogP contribution in [-0.4, -0.2) is 11.7 Å². The van der Waals surface area contributed by atoms with Gasteiger partial charge in [-0.2, -0.15) is 0 Å². The van der Waals surface area contributed by atoms with Crippen molar-refractivity contribution in [3.05, 3.63) is 23.2 Å². The number of hydrogen-bond acceptors (Lipinski definition) is 2. The highest BCUT2D eigenvalue weighted by Crippen LogP contribution is 2.65. The van der Waals surface area contributed by atoms with Gasteiger partial charge in [0.1, 0.15) is 11.4 Å². The first-order chi connectivity index (χ1) is 8.07. The molecule has 2 nitrogen and oxygen atoms in total. The summed E-state index contributed by atoms with van der Waals surface area (Å²) in [6.45, 7) is 7.01. The van der Waals surface area contributed by atoms with E-state index in [0.29, 0.717) is 11.5 Å². The van der Waals surface area contributed by atoms with Crippen LogP contribution >= 0.6 is 0 Å². The van der Waals surface area contributed by atoms with Crippen molar-refractivity contribution in [3.8, 4) is 0 Å². The summed E-state index contributed by atoms with van der Waals surface area (Å²) < 4.78 is 11.9. The summed E-state index contributed by atoms with van der Waals surface area (Å²) in [5.41, 5.74) is 3.21. The number of furan rings is 1. The highest BCUT2D eigenvalue weighted by Gasteiger charge is 2.71. The first-order valence-corrected chi connectivity index (χ1v) is 6.80. The first kappa shape index (κ1) is 10.2. The van der Waals surface area contributed by atoms with Gasteiger partial charge in [0.2, 0.25) is 0 Å². The Morgan fingerprint density at radius 3 is 2.94 bits per heavy atom. The Bertz CT molecular complexity index is 489. The van der Waals surface area contributed by atoms with E-state index in [1.807, 2.05) is 6.26 Å². The number of epoxide rings is 1. The Morgan fingerprint density at radius 2 is 2.12 bits per heavy atom. The molecule has 1 spiro atoms. The van der Waals surface area contributed by atoms with E-state index in [1.165, 1.54) is 29.7 Å². The quantitative estimate of drug-likeness (QED) is 0.642. The van der Waals surface area contributed by atoms with E-state index in [-0.39, 0.29) is 5.60 Å². The minimum atomic E-state index is 0.113. The second kappa shape index (κ2) is 2.80. The number of ether oxygens (including phenoxy) is 1. The van der Waals surface area contributed by atoms with Gasteiger partial charge in [-0.3, -0.25) is 0 Å². The average Bonchev–Trinajstić information content (AvgIpc) is 2.92. The molecule has 1 aromatic heterocycles. The van der Waals surface area contributed by atoms with Crippen molar-refractivity contribution >= 4 is 0 Å². The van der Waals surface area contributed by atoms with Crippen LogP contribution in [0.4, 0.5) is 0 Å². The average molecular weight is 232 g/mol. The van der Waals surface area contributed by atoms with Crippen LogP contribution in [0.15, 0.2) is 10.7 Å². The topological polar surface area (TPSA) is 25.7 Å². The normalized spacial score (nSPS) is 47.0. The molecular weight excluding hydrogens is 212 g/mol. The Hall–Kier alpha value is -0.760. The molecule has 17 heavy (non-hydrogen) atoms. The molecule has 0 amide bonds. The molecule has 0 aromatic carbocycles. The van der Waals surface area contributed by atoms with Crippen molar-refractivity contribution in [3.63, 3.8) is 0 Å². The van der Waals surface area contributed by atoms with Gasteiger partial charge in [-0.25, -0.2) is 0 Å². The highest BCUT2D eigenvalue weighted by molar-refractivity contribution is 5.38. The van der Waals surface area contributed by atoms with Crippen LogP contribution in [0.25, 0.3) is 0 Å². The summed E-state index contributed by atoms with van der Waals surface area (Å²) in [7, 11) is 0. The molecule has 1 unspecified atom stereocenters. The van der Waals surface area contributed by atoms with Crippen molar-refractivity contribution in [2.45, 2.75) is 58.2 Å². The lowest BCUT2D eigenvalue weighted by molar-refractivity contribution is 0.0371. The van der Waals surface area contributed by atoms with Gasteiger partial charge < -0.3 is 9.15 Å². The second-order valence-corrected chi connectivity index (χ2v) is 6.57. The van der Waals surface area contributed by atoms with Gasteiger partial charge in [0, 0.05) is 11.8 Å². The zero-order valence-corrected chi connectivity index (χ0v) is 10.9. The fourth-order valence-electron chi connectivity index (χ4n) is 4.35. The highest BCUT2D eigenvalue weighted by atomic mass is 16.6. The van der Waals surface area contributed by atoms with Crippen molar-refractivity contribution in [1.29, 1.82) is 0 Å². The zero-order valence-electron chi connectivity index (χ0n) is 10.9. The van der Waals surface area contributed by atoms with Crippen LogP contribution in [0.2, 0.25) is 0 Å². The minimum Gasteiger partial charge on any atom is -0.469 e. The standard InChI is InChI=1S/C15H20O2/c1-9-8-16-12-7-15-13(17-15)5-4-10(2)14(15,3)6-11(9)12/h8,10,13H,4-7H2,1-3H3/t10-,13+,14+,15?/m0/s1. The third kappa shape index (κ3) is 1.02. The molecule has 92 valence electrons. The SMILES string of the molecule is Cc1coc2c1C[C@]1(C)[C@@H](C)CC[C@H]3OC31C2. The fraction of sp³-hybridized carbons (Fsp3) is 0.733. The minimum absolute atomic E-state index is 0.113. The number of fused-ring (bicyclic) bond motifs is 1. The summed E-state index contributed by atoms with van der Waals surface area (Å²) >= 11 is 0. The summed E-state index contributed by atoms with van der Waals surface area (Å²) in [4.78, 5) is 0. The van der Waals surface area contributed by atoms with E-state index in [9.17, 15) is 0 Å². The number of hydrogen-bond donors (Lipinski definition) is 0. The Morgan fingerprint density at radius 1 is 1.29 bits per heavy atom. The third-order valence-corrected chi connectivity index (χ3v) is 5.89. The molecule has 0 N–H and O–H groups in total. The van der Waals surface area contributed by atoms with Crippen LogP contribution in [0.3, 0.4) is 0 Å². The van der Waals surface area contributed by atoms with Gasteiger partial charge in [-0.05, 0) is 43.2 Å². The smallest absolute Gasteiger partial charge is 0.110 e. The lowest BCUT2D eigenvalue weighted by atomic mass is 9.55. The molecule has 3 aliphatic rings. The Balaban J connectivity index is 1.85. The molecule has 4 rings (SSSR count). The second-order valence-electron chi connectivity index (χ2n) is 6.57. The lowest BCUT2D eigenvalue weighted by Gasteiger charge is -2.46. The zero-order chi connectivity index (χ0) is 11.8. The molecule has 1 saturated heterocycles. The van der Waals surface area contributed by atoms with E-state index >= 15 is 0 Å². The van der Waals surface area contributed by atoms with Crippen molar-refractivity contribution < 1.29 is 9.15 Å². The van der Waals surface area contributed by atoms with Gasteiger partial charge in [0.05, 0.1) is 12.4 Å². The van der Waals surface area contributed by atoms with E-state index in [4.69, 9.17) is 9.15 Å². The molecule has 2 fully saturated rings. The summed E-state index contributed by atoms with van der Waals surface area (Å²) in [6, 6.07) is 0. The summed E-state index contributed by atoms with van der Waals surface area (Å²) in [5, 5.41) is 0. The summed E-state index contributed by atoms with van der Waals surface area (Å²) in [5.74, 6) is 1.94. The van der Waals surface area contributed by atoms with Crippen LogP contribution in [0.5, 0.6) is 0 Å². The first-order valence-electron chi connectivity index (χ1n) is 6.80. The Kier molecular flexibility index (Phi) is 1.68. The molecular formula is C15H20O2. The van der Waals surface area contributed by atoms with E-state index in [2.05, 4.69) is 20.8 Å². The predicted molar refractivity (Wildman–Crippen MR) is 65.0 cm³/mol. The van der Waals surface area contributed by atoms with E-state index in [1.54, 1.807) is 0 Å². The van der Waals surface area contributed by atoms with Gasteiger partial charge in [-0.1, -0.05) is 13.8 Å². The van der Waals surface area contributed by atoms with Crippen molar-refractivity contribution in [1.82, 2.24) is 0 Å². The van der Waals surface area contributed by atoms with Crippen LogP contribution in [-0.2, 0) is 17.6 Å².